The molecule has 2 nitrogen and oxygen atoms in total. The molecule has 0 N–H and O–H groups in total. The van der Waals surface area contributed by atoms with Crippen LogP contribution in [-0.2, 0) is 5.41 Å². The second-order valence-corrected chi connectivity index (χ2v) is 15.3. The third-order valence-corrected chi connectivity index (χ3v) is 11.8. The van der Waals surface area contributed by atoms with E-state index in [9.17, 15) is 0 Å². The van der Waals surface area contributed by atoms with Crippen molar-refractivity contribution >= 4 is 31.5 Å². The van der Waals surface area contributed by atoms with E-state index >= 15 is 0 Å². The first-order valence-electron chi connectivity index (χ1n) is 17.8. The fourth-order valence-electron chi connectivity index (χ4n) is 8.16. The van der Waals surface area contributed by atoms with Crippen molar-refractivity contribution in [1.82, 2.24) is 9.97 Å². The lowest BCUT2D eigenvalue weighted by molar-refractivity contribution is 0.660. The molecule has 0 saturated carbocycles. The van der Waals surface area contributed by atoms with Gasteiger partial charge >= 0.3 is 0 Å². The highest BCUT2D eigenvalue weighted by atomic mass is 32.1. The molecule has 2 aromatic heterocycles. The van der Waals surface area contributed by atoms with Gasteiger partial charge in [0.1, 0.15) is 0 Å². The summed E-state index contributed by atoms with van der Waals surface area (Å²) in [6.07, 6.45) is 0. The van der Waals surface area contributed by atoms with Gasteiger partial charge in [-0.05, 0) is 80.9 Å². The van der Waals surface area contributed by atoms with E-state index in [0.717, 1.165) is 33.6 Å². The summed E-state index contributed by atoms with van der Waals surface area (Å²) in [5.74, 6) is 0.717. The Labute approximate surface area is 307 Å². The fraction of sp³-hybridized carbons (Fsp3) is 0.0612. The van der Waals surface area contributed by atoms with Crippen LogP contribution in [0.25, 0.3) is 87.5 Å². The van der Waals surface area contributed by atoms with Gasteiger partial charge in [0.25, 0.3) is 0 Å². The summed E-state index contributed by atoms with van der Waals surface area (Å²) in [4.78, 5) is 10.6. The Morgan fingerprint density at radius 3 is 1.87 bits per heavy atom. The molecule has 2 heterocycles. The number of nitrogens with zero attached hydrogens (tertiary/aromatic N) is 2. The quantitative estimate of drug-likeness (QED) is 0.181. The molecule has 0 saturated heterocycles. The van der Waals surface area contributed by atoms with Gasteiger partial charge in [0.15, 0.2) is 5.82 Å². The van der Waals surface area contributed by atoms with Crippen LogP contribution in [0.2, 0.25) is 0 Å². The van der Waals surface area contributed by atoms with E-state index in [-0.39, 0.29) is 5.41 Å². The number of aromatic nitrogens is 2. The number of hydrogen-bond donors (Lipinski definition) is 0. The molecule has 0 radical (unpaired) electrons. The number of benzene rings is 7. The molecular weight excluding hydrogens is 649 g/mol. The van der Waals surface area contributed by atoms with Crippen molar-refractivity contribution in [2.24, 2.45) is 0 Å². The topological polar surface area (TPSA) is 25.8 Å². The van der Waals surface area contributed by atoms with Crippen molar-refractivity contribution in [3.05, 3.63) is 181 Å². The predicted molar refractivity (Wildman–Crippen MR) is 220 cm³/mol. The summed E-state index contributed by atoms with van der Waals surface area (Å²) < 4.78 is 2.60. The van der Waals surface area contributed by atoms with Gasteiger partial charge < -0.3 is 0 Å². The molecule has 9 aromatic rings. The largest absolute Gasteiger partial charge is 0.228 e. The Hall–Kier alpha value is -6.16. The molecule has 0 bridgehead atoms. The summed E-state index contributed by atoms with van der Waals surface area (Å²) in [5, 5.41) is 2.59. The molecule has 0 atom stereocenters. The van der Waals surface area contributed by atoms with Crippen LogP contribution in [0.3, 0.4) is 0 Å². The molecular formula is C49H34N2S. The highest BCUT2D eigenvalue weighted by molar-refractivity contribution is 7.25. The van der Waals surface area contributed by atoms with Crippen molar-refractivity contribution in [2.45, 2.75) is 19.3 Å². The number of rotatable bonds is 5. The van der Waals surface area contributed by atoms with E-state index in [1.54, 1.807) is 0 Å². The monoisotopic (exact) mass is 682 g/mol. The standard InChI is InChI=1S/C49H34N2S/c1-49(2)40-23-11-9-19-37(40)46-38(22-13-24-41(46)49)43-30-42(50-48(51-43)32-17-7-4-8-18-32)35-28-33(31-15-5-3-6-16-31)27-34(29-35)36-21-14-26-45-47(36)39-20-10-12-25-44(39)52-45/h3-30H,1-2H3. The van der Waals surface area contributed by atoms with Crippen LogP contribution in [0.5, 0.6) is 0 Å². The summed E-state index contributed by atoms with van der Waals surface area (Å²) in [5.41, 5.74) is 14.8. The van der Waals surface area contributed by atoms with Gasteiger partial charge in [-0.1, -0.05) is 147 Å². The molecule has 3 heteroatoms. The minimum atomic E-state index is -0.105. The lowest BCUT2D eigenvalue weighted by Gasteiger charge is -2.21. The van der Waals surface area contributed by atoms with Gasteiger partial charge in [0.05, 0.1) is 11.4 Å². The molecule has 1 aliphatic rings. The van der Waals surface area contributed by atoms with Crippen LogP contribution in [-0.4, -0.2) is 9.97 Å². The number of hydrogen-bond acceptors (Lipinski definition) is 3. The Morgan fingerprint density at radius 1 is 0.423 bits per heavy atom. The van der Waals surface area contributed by atoms with Gasteiger partial charge in [0, 0.05) is 42.3 Å². The molecule has 0 unspecified atom stereocenters. The normalized spacial score (nSPS) is 13.0. The van der Waals surface area contributed by atoms with E-state index in [0.29, 0.717) is 5.82 Å². The van der Waals surface area contributed by atoms with Gasteiger partial charge in [-0.15, -0.1) is 11.3 Å². The Balaban J connectivity index is 1.24. The van der Waals surface area contributed by atoms with Crippen molar-refractivity contribution in [3.63, 3.8) is 0 Å². The first kappa shape index (κ1) is 30.6. The lowest BCUT2D eigenvalue weighted by Crippen LogP contribution is -2.14. The average Bonchev–Trinajstić information content (AvgIpc) is 3.70. The van der Waals surface area contributed by atoms with E-state index in [1.807, 2.05) is 17.4 Å². The Bertz CT molecular complexity index is 2810. The van der Waals surface area contributed by atoms with Crippen molar-refractivity contribution < 1.29 is 0 Å². The second kappa shape index (κ2) is 12.0. The van der Waals surface area contributed by atoms with E-state index in [4.69, 9.17) is 9.97 Å². The third kappa shape index (κ3) is 4.92. The maximum atomic E-state index is 5.33. The van der Waals surface area contributed by atoms with Crippen molar-refractivity contribution in [3.8, 4) is 67.3 Å². The van der Waals surface area contributed by atoms with Crippen LogP contribution in [0.15, 0.2) is 170 Å². The van der Waals surface area contributed by atoms with Crippen LogP contribution in [0.1, 0.15) is 25.0 Å². The molecule has 10 rings (SSSR count). The maximum absolute atomic E-state index is 5.33. The summed E-state index contributed by atoms with van der Waals surface area (Å²) in [7, 11) is 0. The zero-order valence-corrected chi connectivity index (χ0v) is 29.8. The third-order valence-electron chi connectivity index (χ3n) is 10.7. The van der Waals surface area contributed by atoms with E-state index in [1.165, 1.54) is 59.1 Å². The number of thiophene rings is 1. The number of fused-ring (bicyclic) bond motifs is 6. The highest BCUT2D eigenvalue weighted by Crippen LogP contribution is 2.52. The average molecular weight is 683 g/mol. The van der Waals surface area contributed by atoms with Crippen LogP contribution < -0.4 is 0 Å². The SMILES string of the molecule is CC1(C)c2ccccc2-c2c(-c3cc(-c4cc(-c5ccccc5)cc(-c5cccc6sc7ccccc7c56)c4)nc(-c4ccccc4)n3)cccc21. The second-order valence-electron chi connectivity index (χ2n) is 14.2. The van der Waals surface area contributed by atoms with Crippen molar-refractivity contribution in [2.75, 3.05) is 0 Å². The van der Waals surface area contributed by atoms with Crippen LogP contribution in [0.4, 0.5) is 0 Å². The first-order valence-corrected chi connectivity index (χ1v) is 18.6. The molecule has 52 heavy (non-hydrogen) atoms. The zero-order chi connectivity index (χ0) is 34.8. The van der Waals surface area contributed by atoms with Crippen LogP contribution >= 0.6 is 11.3 Å². The molecule has 7 aromatic carbocycles. The lowest BCUT2D eigenvalue weighted by atomic mass is 9.82. The smallest absolute Gasteiger partial charge is 0.160 e. The summed E-state index contributed by atoms with van der Waals surface area (Å²) >= 11 is 1.85. The predicted octanol–water partition coefficient (Wildman–Crippen LogP) is 13.5. The van der Waals surface area contributed by atoms with Gasteiger partial charge in [-0.25, -0.2) is 9.97 Å². The molecule has 246 valence electrons. The zero-order valence-electron chi connectivity index (χ0n) is 29.0. The van der Waals surface area contributed by atoms with Crippen LogP contribution in [0, 0.1) is 0 Å². The summed E-state index contributed by atoms with van der Waals surface area (Å²) in [6.45, 7) is 4.66. The highest BCUT2D eigenvalue weighted by Gasteiger charge is 2.36. The van der Waals surface area contributed by atoms with Gasteiger partial charge in [-0.2, -0.15) is 0 Å². The van der Waals surface area contributed by atoms with E-state index in [2.05, 4.69) is 178 Å². The Kier molecular flexibility index (Phi) is 7.06. The first-order chi connectivity index (χ1) is 25.5. The molecule has 0 amide bonds. The van der Waals surface area contributed by atoms with Gasteiger partial charge in [0.2, 0.25) is 0 Å². The van der Waals surface area contributed by atoms with E-state index < -0.39 is 0 Å². The minimum Gasteiger partial charge on any atom is -0.228 e. The molecule has 1 aliphatic carbocycles. The Morgan fingerprint density at radius 2 is 1.02 bits per heavy atom. The molecule has 0 fully saturated rings. The minimum absolute atomic E-state index is 0.105. The fourth-order valence-corrected chi connectivity index (χ4v) is 9.29. The van der Waals surface area contributed by atoms with Gasteiger partial charge in [-0.3, -0.25) is 0 Å². The molecule has 0 spiro atoms. The molecule has 0 aliphatic heterocycles. The maximum Gasteiger partial charge on any atom is 0.160 e. The summed E-state index contributed by atoms with van der Waals surface area (Å²) in [6, 6.07) is 61.2. The van der Waals surface area contributed by atoms with Crippen molar-refractivity contribution in [1.29, 1.82) is 0 Å².